The number of ketones is 1. The van der Waals surface area contributed by atoms with E-state index in [0.717, 1.165) is 30.7 Å². The van der Waals surface area contributed by atoms with Crippen molar-refractivity contribution in [3.8, 4) is 0 Å². The molecular formula is C16H17NOS. The Morgan fingerprint density at radius 2 is 2.11 bits per heavy atom. The molecule has 1 aromatic heterocycles. The lowest BCUT2D eigenvalue weighted by molar-refractivity contribution is -0.124. The molecule has 0 amide bonds. The van der Waals surface area contributed by atoms with Gasteiger partial charge in [0.2, 0.25) is 0 Å². The predicted octanol–water partition coefficient (Wildman–Crippen LogP) is 3.84. The standard InChI is InChI=1S/C16H17NOS/c18-15-7-6-13(12-4-2-1-3-5-12)10-14(15)11-16-17-8-9-19-16/h1-5,8-9,13-14H,6-7,10-11H2. The van der Waals surface area contributed by atoms with Gasteiger partial charge in [0.15, 0.2) is 0 Å². The summed E-state index contributed by atoms with van der Waals surface area (Å²) in [5.41, 5.74) is 1.37. The van der Waals surface area contributed by atoms with Crippen LogP contribution in [-0.2, 0) is 11.2 Å². The van der Waals surface area contributed by atoms with E-state index in [1.54, 1.807) is 11.3 Å². The Morgan fingerprint density at radius 3 is 2.84 bits per heavy atom. The molecule has 0 bridgehead atoms. The molecule has 0 N–H and O–H groups in total. The molecule has 0 saturated heterocycles. The van der Waals surface area contributed by atoms with Crippen LogP contribution in [0.25, 0.3) is 0 Å². The number of hydrogen-bond acceptors (Lipinski definition) is 3. The first-order valence-electron chi connectivity index (χ1n) is 6.79. The number of carbonyl (C=O) groups excluding carboxylic acids is 1. The molecule has 1 fully saturated rings. The Bertz CT molecular complexity index is 535. The largest absolute Gasteiger partial charge is 0.299 e. The minimum atomic E-state index is 0.158. The van der Waals surface area contributed by atoms with Crippen LogP contribution in [0.2, 0.25) is 0 Å². The number of benzene rings is 1. The van der Waals surface area contributed by atoms with E-state index >= 15 is 0 Å². The molecule has 3 heteroatoms. The van der Waals surface area contributed by atoms with E-state index in [1.807, 2.05) is 17.6 Å². The van der Waals surface area contributed by atoms with Crippen LogP contribution in [0.3, 0.4) is 0 Å². The van der Waals surface area contributed by atoms with E-state index in [9.17, 15) is 4.79 Å². The Labute approximate surface area is 117 Å². The highest BCUT2D eigenvalue weighted by molar-refractivity contribution is 7.09. The maximum absolute atomic E-state index is 12.1. The Morgan fingerprint density at radius 1 is 1.26 bits per heavy atom. The van der Waals surface area contributed by atoms with Crippen LogP contribution in [0, 0.1) is 5.92 Å². The Hall–Kier alpha value is -1.48. The SMILES string of the molecule is O=C1CCC(c2ccccc2)CC1Cc1nccs1. The molecule has 1 aliphatic carbocycles. The van der Waals surface area contributed by atoms with Gasteiger partial charge in [-0.3, -0.25) is 4.79 Å². The molecule has 2 unspecified atom stereocenters. The van der Waals surface area contributed by atoms with Gasteiger partial charge < -0.3 is 0 Å². The zero-order chi connectivity index (χ0) is 13.1. The monoisotopic (exact) mass is 271 g/mol. The molecule has 98 valence electrons. The molecule has 2 atom stereocenters. The summed E-state index contributed by atoms with van der Waals surface area (Å²) >= 11 is 1.65. The fourth-order valence-corrected chi connectivity index (χ4v) is 3.60. The van der Waals surface area contributed by atoms with Crippen molar-refractivity contribution in [1.82, 2.24) is 4.98 Å². The van der Waals surface area contributed by atoms with E-state index in [1.165, 1.54) is 5.56 Å². The number of hydrogen-bond donors (Lipinski definition) is 0. The average molecular weight is 271 g/mol. The molecule has 0 spiro atoms. The quantitative estimate of drug-likeness (QED) is 0.849. The topological polar surface area (TPSA) is 30.0 Å². The van der Waals surface area contributed by atoms with Crippen molar-refractivity contribution >= 4 is 17.1 Å². The molecule has 19 heavy (non-hydrogen) atoms. The van der Waals surface area contributed by atoms with E-state index in [2.05, 4.69) is 29.2 Å². The molecule has 1 aromatic carbocycles. The molecule has 1 heterocycles. The maximum atomic E-state index is 12.1. The zero-order valence-corrected chi connectivity index (χ0v) is 11.6. The van der Waals surface area contributed by atoms with Gasteiger partial charge in [-0.2, -0.15) is 0 Å². The van der Waals surface area contributed by atoms with Gasteiger partial charge in [-0.1, -0.05) is 30.3 Å². The third kappa shape index (κ3) is 2.92. The van der Waals surface area contributed by atoms with Gasteiger partial charge in [-0.25, -0.2) is 4.98 Å². The van der Waals surface area contributed by atoms with Gasteiger partial charge in [-0.15, -0.1) is 11.3 Å². The van der Waals surface area contributed by atoms with Crippen molar-refractivity contribution in [3.05, 3.63) is 52.5 Å². The average Bonchev–Trinajstić information content (AvgIpc) is 2.95. The Kier molecular flexibility index (Phi) is 3.74. The maximum Gasteiger partial charge on any atom is 0.136 e. The predicted molar refractivity (Wildman–Crippen MR) is 77.3 cm³/mol. The van der Waals surface area contributed by atoms with Crippen LogP contribution in [0.1, 0.15) is 35.8 Å². The van der Waals surface area contributed by atoms with Crippen LogP contribution >= 0.6 is 11.3 Å². The summed E-state index contributed by atoms with van der Waals surface area (Å²) in [6.45, 7) is 0. The van der Waals surface area contributed by atoms with E-state index in [4.69, 9.17) is 0 Å². The third-order valence-electron chi connectivity index (χ3n) is 3.94. The van der Waals surface area contributed by atoms with Gasteiger partial charge in [0, 0.05) is 30.3 Å². The lowest BCUT2D eigenvalue weighted by Gasteiger charge is -2.28. The van der Waals surface area contributed by atoms with Gasteiger partial charge in [0.05, 0.1) is 5.01 Å². The van der Waals surface area contributed by atoms with Crippen molar-refractivity contribution in [3.63, 3.8) is 0 Å². The lowest BCUT2D eigenvalue weighted by atomic mass is 9.76. The molecule has 2 aromatic rings. The number of aromatic nitrogens is 1. The molecule has 1 saturated carbocycles. The molecule has 3 rings (SSSR count). The van der Waals surface area contributed by atoms with Crippen LogP contribution < -0.4 is 0 Å². The normalized spacial score (nSPS) is 23.5. The minimum absolute atomic E-state index is 0.158. The summed E-state index contributed by atoms with van der Waals surface area (Å²) in [7, 11) is 0. The summed E-state index contributed by atoms with van der Waals surface area (Å²) in [5.74, 6) is 1.11. The number of nitrogens with zero attached hydrogens (tertiary/aromatic N) is 1. The van der Waals surface area contributed by atoms with E-state index in [-0.39, 0.29) is 5.92 Å². The minimum Gasteiger partial charge on any atom is -0.299 e. The van der Waals surface area contributed by atoms with Crippen molar-refractivity contribution in [2.75, 3.05) is 0 Å². The first-order valence-corrected chi connectivity index (χ1v) is 7.67. The van der Waals surface area contributed by atoms with Gasteiger partial charge in [0.1, 0.15) is 5.78 Å². The van der Waals surface area contributed by atoms with Crippen molar-refractivity contribution in [2.45, 2.75) is 31.6 Å². The highest BCUT2D eigenvalue weighted by Crippen LogP contribution is 2.35. The van der Waals surface area contributed by atoms with E-state index < -0.39 is 0 Å². The smallest absolute Gasteiger partial charge is 0.136 e. The van der Waals surface area contributed by atoms with Gasteiger partial charge in [-0.05, 0) is 24.3 Å². The molecular weight excluding hydrogens is 254 g/mol. The summed E-state index contributed by atoms with van der Waals surface area (Å²) in [4.78, 5) is 16.4. The number of thiazole rings is 1. The molecule has 0 radical (unpaired) electrons. The second kappa shape index (κ2) is 5.66. The summed E-state index contributed by atoms with van der Waals surface area (Å²) in [6.07, 6.45) is 5.33. The summed E-state index contributed by atoms with van der Waals surface area (Å²) < 4.78 is 0. The molecule has 0 aliphatic heterocycles. The van der Waals surface area contributed by atoms with Gasteiger partial charge >= 0.3 is 0 Å². The number of rotatable bonds is 3. The highest BCUT2D eigenvalue weighted by Gasteiger charge is 2.29. The van der Waals surface area contributed by atoms with Gasteiger partial charge in [0.25, 0.3) is 0 Å². The summed E-state index contributed by atoms with van der Waals surface area (Å²) in [5, 5.41) is 3.07. The third-order valence-corrected chi connectivity index (χ3v) is 4.74. The number of carbonyl (C=O) groups is 1. The second-order valence-electron chi connectivity index (χ2n) is 5.18. The molecule has 1 aliphatic rings. The Balaban J connectivity index is 1.72. The first kappa shape index (κ1) is 12.5. The summed E-state index contributed by atoms with van der Waals surface area (Å²) in [6, 6.07) is 10.6. The van der Waals surface area contributed by atoms with Crippen LogP contribution in [0.4, 0.5) is 0 Å². The van der Waals surface area contributed by atoms with Crippen LogP contribution in [-0.4, -0.2) is 10.8 Å². The highest BCUT2D eigenvalue weighted by atomic mass is 32.1. The lowest BCUT2D eigenvalue weighted by Crippen LogP contribution is -2.25. The van der Waals surface area contributed by atoms with Crippen molar-refractivity contribution in [2.24, 2.45) is 5.92 Å². The fourth-order valence-electron chi connectivity index (χ4n) is 2.90. The van der Waals surface area contributed by atoms with Crippen molar-refractivity contribution in [1.29, 1.82) is 0 Å². The number of Topliss-reactive ketones (excluding diaryl/α,β-unsaturated/α-hetero) is 1. The van der Waals surface area contributed by atoms with Crippen LogP contribution in [0.15, 0.2) is 41.9 Å². The first-order chi connectivity index (χ1) is 9.33. The van der Waals surface area contributed by atoms with Crippen LogP contribution in [0.5, 0.6) is 0 Å². The zero-order valence-electron chi connectivity index (χ0n) is 10.8. The fraction of sp³-hybridized carbons (Fsp3) is 0.375. The second-order valence-corrected chi connectivity index (χ2v) is 6.15. The van der Waals surface area contributed by atoms with E-state index in [0.29, 0.717) is 11.7 Å². The molecule has 2 nitrogen and oxygen atoms in total. The van der Waals surface area contributed by atoms with Crippen molar-refractivity contribution < 1.29 is 4.79 Å².